The Morgan fingerprint density at radius 3 is 2.29 bits per heavy atom. The highest BCUT2D eigenvalue weighted by Crippen LogP contribution is 2.36. The Morgan fingerprint density at radius 2 is 1.67 bits per heavy atom. The maximum Gasteiger partial charge on any atom is 0.431 e. The average Bonchev–Trinajstić information content (AvgIpc) is 2.81. The molecule has 0 amide bonds. The maximum atomic E-state index is 12.7. The molecule has 0 saturated heterocycles. The number of halogens is 4. The van der Waals surface area contributed by atoms with Crippen molar-refractivity contribution < 1.29 is 13.2 Å². The molecule has 0 aliphatic carbocycles. The van der Waals surface area contributed by atoms with Gasteiger partial charge in [-0.3, -0.25) is 0 Å². The number of fused-ring (bicyclic) bond motifs is 1. The maximum absolute atomic E-state index is 12.7. The number of aromatic nitrogens is 1. The van der Waals surface area contributed by atoms with Crippen LogP contribution in [-0.2, 0) is 6.18 Å². The summed E-state index contributed by atoms with van der Waals surface area (Å²) in [5.74, 6) is 0. The number of H-pyrrole nitrogens is 1. The lowest BCUT2D eigenvalue weighted by molar-refractivity contribution is -0.140. The zero-order chi connectivity index (χ0) is 15.2. The van der Waals surface area contributed by atoms with E-state index in [-0.39, 0.29) is 0 Å². The topological polar surface area (TPSA) is 15.8 Å². The van der Waals surface area contributed by atoms with Crippen molar-refractivity contribution in [2.24, 2.45) is 0 Å². The van der Waals surface area contributed by atoms with E-state index in [0.717, 1.165) is 22.8 Å². The standard InChI is InChI=1S/C16H11ClF3N/c1-9-2-4-10(5-3-9)12-6-11-7-15(16(18,19)20)21-14(11)8-13(12)17/h2-8,21H,1H3. The molecule has 0 saturated carbocycles. The Labute approximate surface area is 124 Å². The highest BCUT2D eigenvalue weighted by molar-refractivity contribution is 6.34. The minimum atomic E-state index is -4.39. The van der Waals surface area contributed by atoms with Crippen LogP contribution in [0.1, 0.15) is 11.3 Å². The number of aromatic amines is 1. The van der Waals surface area contributed by atoms with E-state index in [4.69, 9.17) is 11.6 Å². The van der Waals surface area contributed by atoms with Crippen LogP contribution >= 0.6 is 11.6 Å². The van der Waals surface area contributed by atoms with Gasteiger partial charge in [0.25, 0.3) is 0 Å². The summed E-state index contributed by atoms with van der Waals surface area (Å²) in [7, 11) is 0. The van der Waals surface area contributed by atoms with E-state index in [1.807, 2.05) is 31.2 Å². The van der Waals surface area contributed by atoms with Crippen molar-refractivity contribution in [3.8, 4) is 11.1 Å². The van der Waals surface area contributed by atoms with Gasteiger partial charge in [0.05, 0.1) is 5.02 Å². The van der Waals surface area contributed by atoms with Crippen molar-refractivity contribution in [3.05, 3.63) is 58.7 Å². The molecule has 3 rings (SSSR count). The number of aryl methyl sites for hydroxylation is 1. The third-order valence-corrected chi connectivity index (χ3v) is 3.69. The van der Waals surface area contributed by atoms with Crippen LogP contribution in [0.4, 0.5) is 13.2 Å². The van der Waals surface area contributed by atoms with Gasteiger partial charge in [0.1, 0.15) is 5.69 Å². The van der Waals surface area contributed by atoms with Crippen LogP contribution < -0.4 is 0 Å². The summed E-state index contributed by atoms with van der Waals surface area (Å²) in [6.07, 6.45) is -4.39. The molecule has 1 heterocycles. The zero-order valence-electron chi connectivity index (χ0n) is 11.1. The average molecular weight is 310 g/mol. The summed E-state index contributed by atoms with van der Waals surface area (Å²) in [6.45, 7) is 1.97. The van der Waals surface area contributed by atoms with Crippen LogP contribution in [0.25, 0.3) is 22.0 Å². The molecule has 1 aromatic heterocycles. The van der Waals surface area contributed by atoms with E-state index < -0.39 is 11.9 Å². The summed E-state index contributed by atoms with van der Waals surface area (Å²) >= 11 is 6.20. The molecule has 1 N–H and O–H groups in total. The summed E-state index contributed by atoms with van der Waals surface area (Å²) in [5, 5.41) is 0.907. The van der Waals surface area contributed by atoms with Crippen LogP contribution in [0.2, 0.25) is 5.02 Å². The van der Waals surface area contributed by atoms with Gasteiger partial charge in [-0.1, -0.05) is 41.4 Å². The van der Waals surface area contributed by atoms with Gasteiger partial charge < -0.3 is 4.98 Å². The van der Waals surface area contributed by atoms with E-state index in [1.54, 1.807) is 6.07 Å². The molecular formula is C16H11ClF3N. The van der Waals surface area contributed by atoms with Gasteiger partial charge >= 0.3 is 6.18 Å². The van der Waals surface area contributed by atoms with Crippen LogP contribution in [0.5, 0.6) is 0 Å². The molecule has 0 bridgehead atoms. The summed E-state index contributed by atoms with van der Waals surface area (Å²) in [4.78, 5) is 2.35. The minimum Gasteiger partial charge on any atom is -0.351 e. The molecule has 0 aliphatic heterocycles. The monoisotopic (exact) mass is 309 g/mol. The Kier molecular flexibility index (Phi) is 3.21. The third-order valence-electron chi connectivity index (χ3n) is 3.38. The first-order chi connectivity index (χ1) is 9.84. The molecule has 0 spiro atoms. The molecule has 0 fully saturated rings. The van der Waals surface area contributed by atoms with Gasteiger partial charge in [-0.15, -0.1) is 0 Å². The molecular weight excluding hydrogens is 299 g/mol. The molecule has 0 atom stereocenters. The fourth-order valence-electron chi connectivity index (χ4n) is 2.26. The third kappa shape index (κ3) is 2.63. The fraction of sp³-hybridized carbons (Fsp3) is 0.125. The van der Waals surface area contributed by atoms with Crippen molar-refractivity contribution in [2.45, 2.75) is 13.1 Å². The van der Waals surface area contributed by atoms with Crippen molar-refractivity contribution in [1.82, 2.24) is 4.98 Å². The SMILES string of the molecule is Cc1ccc(-c2cc3cc(C(F)(F)F)[nH]c3cc2Cl)cc1. The zero-order valence-corrected chi connectivity index (χ0v) is 11.8. The lowest BCUT2D eigenvalue weighted by Crippen LogP contribution is -2.04. The number of alkyl halides is 3. The molecule has 21 heavy (non-hydrogen) atoms. The van der Waals surface area contributed by atoms with Crippen LogP contribution in [0.15, 0.2) is 42.5 Å². The van der Waals surface area contributed by atoms with Crippen molar-refractivity contribution >= 4 is 22.5 Å². The molecule has 0 unspecified atom stereocenters. The number of benzene rings is 2. The van der Waals surface area contributed by atoms with Crippen LogP contribution in [-0.4, -0.2) is 4.98 Å². The molecule has 1 nitrogen and oxygen atoms in total. The molecule has 0 aliphatic rings. The van der Waals surface area contributed by atoms with Crippen molar-refractivity contribution in [2.75, 3.05) is 0 Å². The second-order valence-electron chi connectivity index (χ2n) is 4.97. The molecule has 3 aromatic rings. The summed E-state index contributed by atoms with van der Waals surface area (Å²) < 4.78 is 38.2. The van der Waals surface area contributed by atoms with Crippen LogP contribution in [0.3, 0.4) is 0 Å². The summed E-state index contributed by atoms with van der Waals surface area (Å²) in [6, 6.07) is 12.0. The lowest BCUT2D eigenvalue weighted by Gasteiger charge is -2.05. The fourth-order valence-corrected chi connectivity index (χ4v) is 2.53. The Bertz CT molecular complexity index is 801. The van der Waals surface area contributed by atoms with Gasteiger partial charge in [0.2, 0.25) is 0 Å². The number of nitrogens with one attached hydrogen (secondary N) is 1. The van der Waals surface area contributed by atoms with Crippen molar-refractivity contribution in [3.63, 3.8) is 0 Å². The van der Waals surface area contributed by atoms with E-state index in [9.17, 15) is 13.2 Å². The van der Waals surface area contributed by atoms with E-state index in [0.29, 0.717) is 15.9 Å². The largest absolute Gasteiger partial charge is 0.431 e. The minimum absolute atomic E-state index is 0.378. The quantitative estimate of drug-likeness (QED) is 0.583. The first-order valence-electron chi connectivity index (χ1n) is 6.31. The Morgan fingerprint density at radius 1 is 1.00 bits per heavy atom. The molecule has 2 aromatic carbocycles. The predicted octanol–water partition coefficient (Wildman–Crippen LogP) is 5.82. The highest BCUT2D eigenvalue weighted by atomic mass is 35.5. The van der Waals surface area contributed by atoms with E-state index >= 15 is 0 Å². The van der Waals surface area contributed by atoms with E-state index in [1.165, 1.54) is 6.07 Å². The first-order valence-corrected chi connectivity index (χ1v) is 6.69. The second-order valence-corrected chi connectivity index (χ2v) is 5.37. The van der Waals surface area contributed by atoms with Gasteiger partial charge in [-0.05, 0) is 30.7 Å². The van der Waals surface area contributed by atoms with Gasteiger partial charge in [0.15, 0.2) is 0 Å². The second kappa shape index (κ2) is 4.81. The smallest absolute Gasteiger partial charge is 0.351 e. The van der Waals surface area contributed by atoms with Crippen molar-refractivity contribution in [1.29, 1.82) is 0 Å². The Hall–Kier alpha value is -1.94. The van der Waals surface area contributed by atoms with Gasteiger partial charge in [-0.25, -0.2) is 0 Å². The first kappa shape index (κ1) is 14.0. The number of hydrogen-bond acceptors (Lipinski definition) is 0. The van der Waals surface area contributed by atoms with Crippen LogP contribution in [0, 0.1) is 6.92 Å². The summed E-state index contributed by atoms with van der Waals surface area (Å²) in [5.41, 5.74) is 2.31. The number of hydrogen-bond donors (Lipinski definition) is 1. The van der Waals surface area contributed by atoms with Gasteiger partial charge in [0, 0.05) is 16.5 Å². The molecule has 0 radical (unpaired) electrons. The number of rotatable bonds is 1. The van der Waals surface area contributed by atoms with Gasteiger partial charge in [-0.2, -0.15) is 13.2 Å². The Balaban J connectivity index is 2.16. The molecule has 5 heteroatoms. The normalized spacial score (nSPS) is 12.0. The van der Waals surface area contributed by atoms with E-state index in [2.05, 4.69) is 4.98 Å². The predicted molar refractivity (Wildman–Crippen MR) is 78.5 cm³/mol. The lowest BCUT2D eigenvalue weighted by atomic mass is 10.0. The highest BCUT2D eigenvalue weighted by Gasteiger charge is 2.32. The molecule has 108 valence electrons.